The van der Waals surface area contributed by atoms with Crippen molar-refractivity contribution in [3.8, 4) is 5.88 Å². The molecular formula is C16H21N3O3. The molecule has 1 saturated carbocycles. The van der Waals surface area contributed by atoms with Gasteiger partial charge in [0.1, 0.15) is 18.2 Å². The molecule has 1 unspecified atom stereocenters. The first-order valence-electron chi connectivity index (χ1n) is 7.95. The lowest BCUT2D eigenvalue weighted by Gasteiger charge is -2.35. The van der Waals surface area contributed by atoms with Crippen LogP contribution in [0.4, 0.5) is 0 Å². The summed E-state index contributed by atoms with van der Waals surface area (Å²) < 4.78 is 5.84. The van der Waals surface area contributed by atoms with Gasteiger partial charge in [-0.05, 0) is 25.7 Å². The summed E-state index contributed by atoms with van der Waals surface area (Å²) in [6, 6.07) is 1.73. The molecule has 0 aromatic carbocycles. The first-order valence-corrected chi connectivity index (χ1v) is 7.95. The van der Waals surface area contributed by atoms with Crippen LogP contribution in [0.3, 0.4) is 0 Å². The Bertz CT molecular complexity index is 525. The zero-order valence-corrected chi connectivity index (χ0v) is 12.6. The SMILES string of the molecule is O=C1CCC(C(=O)N2CCCC(Oc3ccncn3)C2)CC1. The van der Waals surface area contributed by atoms with Crippen LogP contribution < -0.4 is 4.74 Å². The normalized spacial score (nSPS) is 23.4. The van der Waals surface area contributed by atoms with Gasteiger partial charge in [-0.15, -0.1) is 0 Å². The Morgan fingerprint density at radius 2 is 2.09 bits per heavy atom. The maximum absolute atomic E-state index is 12.6. The van der Waals surface area contributed by atoms with E-state index >= 15 is 0 Å². The molecule has 0 spiro atoms. The lowest BCUT2D eigenvalue weighted by atomic mass is 9.87. The van der Waals surface area contributed by atoms with Crippen molar-refractivity contribution in [3.63, 3.8) is 0 Å². The van der Waals surface area contributed by atoms with Gasteiger partial charge in [-0.1, -0.05) is 0 Å². The molecule has 1 atom stereocenters. The van der Waals surface area contributed by atoms with E-state index in [1.54, 1.807) is 12.3 Å². The molecule has 1 amide bonds. The number of nitrogens with zero attached hydrogens (tertiary/aromatic N) is 3. The summed E-state index contributed by atoms with van der Waals surface area (Å²) in [5.41, 5.74) is 0. The standard InChI is InChI=1S/C16H21N3O3/c20-13-5-3-12(4-6-13)16(21)19-9-1-2-14(10-19)22-15-7-8-17-11-18-15/h7-8,11-12,14H,1-6,9-10H2. The third-order valence-electron chi connectivity index (χ3n) is 4.42. The van der Waals surface area contributed by atoms with Crippen molar-refractivity contribution in [1.82, 2.24) is 14.9 Å². The number of piperidine rings is 1. The topological polar surface area (TPSA) is 72.4 Å². The van der Waals surface area contributed by atoms with Crippen LogP contribution in [0.15, 0.2) is 18.6 Å². The molecule has 0 N–H and O–H groups in total. The summed E-state index contributed by atoms with van der Waals surface area (Å²) in [5, 5.41) is 0. The molecule has 2 aliphatic rings. The van der Waals surface area contributed by atoms with Crippen molar-refractivity contribution >= 4 is 11.7 Å². The summed E-state index contributed by atoms with van der Waals surface area (Å²) in [6.07, 6.45) is 7.45. The molecule has 2 heterocycles. The van der Waals surface area contributed by atoms with Gasteiger partial charge in [-0.3, -0.25) is 9.59 Å². The minimum Gasteiger partial charge on any atom is -0.472 e. The number of carbonyl (C=O) groups is 2. The van der Waals surface area contributed by atoms with Gasteiger partial charge in [0.05, 0.1) is 6.54 Å². The van der Waals surface area contributed by atoms with E-state index in [4.69, 9.17) is 4.74 Å². The first kappa shape index (κ1) is 14.9. The van der Waals surface area contributed by atoms with Gasteiger partial charge >= 0.3 is 0 Å². The molecule has 1 aromatic heterocycles. The largest absolute Gasteiger partial charge is 0.472 e. The zero-order chi connectivity index (χ0) is 15.4. The van der Waals surface area contributed by atoms with E-state index < -0.39 is 0 Å². The predicted molar refractivity (Wildman–Crippen MR) is 79.2 cm³/mol. The van der Waals surface area contributed by atoms with Gasteiger partial charge in [0.25, 0.3) is 0 Å². The highest BCUT2D eigenvalue weighted by atomic mass is 16.5. The van der Waals surface area contributed by atoms with Gasteiger partial charge in [0.2, 0.25) is 11.8 Å². The fourth-order valence-corrected chi connectivity index (χ4v) is 3.20. The number of hydrogen-bond acceptors (Lipinski definition) is 5. The molecule has 1 aliphatic heterocycles. The molecule has 0 radical (unpaired) electrons. The van der Waals surface area contributed by atoms with Crippen molar-refractivity contribution in [1.29, 1.82) is 0 Å². The average Bonchev–Trinajstić information content (AvgIpc) is 2.56. The molecule has 1 saturated heterocycles. The number of amides is 1. The van der Waals surface area contributed by atoms with Gasteiger partial charge in [-0.25, -0.2) is 9.97 Å². The van der Waals surface area contributed by atoms with Crippen LogP contribution in [-0.4, -0.2) is 45.8 Å². The number of ether oxygens (including phenoxy) is 1. The Balaban J connectivity index is 1.56. The Morgan fingerprint density at radius 1 is 1.27 bits per heavy atom. The number of aromatic nitrogens is 2. The highest BCUT2D eigenvalue weighted by molar-refractivity contribution is 5.84. The average molecular weight is 303 g/mol. The number of ketones is 1. The Labute approximate surface area is 129 Å². The summed E-state index contributed by atoms with van der Waals surface area (Å²) in [7, 11) is 0. The number of rotatable bonds is 3. The molecule has 0 bridgehead atoms. The van der Waals surface area contributed by atoms with Gasteiger partial charge in [0, 0.05) is 37.6 Å². The minimum absolute atomic E-state index is 0.00972. The second kappa shape index (κ2) is 6.85. The van der Waals surface area contributed by atoms with Gasteiger partial charge in [0.15, 0.2) is 0 Å². The summed E-state index contributed by atoms with van der Waals surface area (Å²) >= 11 is 0. The van der Waals surface area contributed by atoms with Crippen LogP contribution in [0, 0.1) is 5.92 Å². The summed E-state index contributed by atoms with van der Waals surface area (Å²) in [4.78, 5) is 33.7. The molecule has 118 valence electrons. The van der Waals surface area contributed by atoms with Crippen molar-refractivity contribution < 1.29 is 14.3 Å². The van der Waals surface area contributed by atoms with Crippen molar-refractivity contribution in [2.75, 3.05) is 13.1 Å². The fraction of sp³-hybridized carbons (Fsp3) is 0.625. The minimum atomic E-state index is -0.0159. The van der Waals surface area contributed by atoms with E-state index in [9.17, 15) is 9.59 Å². The fourth-order valence-electron chi connectivity index (χ4n) is 3.20. The van der Waals surface area contributed by atoms with Crippen molar-refractivity contribution in [2.24, 2.45) is 5.92 Å². The number of carbonyl (C=O) groups excluding carboxylic acids is 2. The maximum atomic E-state index is 12.6. The quantitative estimate of drug-likeness (QED) is 0.848. The van der Waals surface area contributed by atoms with E-state index in [2.05, 4.69) is 9.97 Å². The van der Waals surface area contributed by atoms with E-state index in [1.807, 2.05) is 4.90 Å². The highest BCUT2D eigenvalue weighted by Crippen LogP contribution is 2.25. The van der Waals surface area contributed by atoms with E-state index in [1.165, 1.54) is 6.33 Å². The third kappa shape index (κ3) is 3.61. The number of Topliss-reactive ketones (excluding diaryl/α,β-unsaturated/α-hetero) is 1. The Hall–Kier alpha value is -1.98. The molecule has 22 heavy (non-hydrogen) atoms. The molecule has 6 heteroatoms. The van der Waals surface area contributed by atoms with Crippen LogP contribution in [0.2, 0.25) is 0 Å². The lowest BCUT2D eigenvalue weighted by molar-refractivity contribution is -0.140. The van der Waals surface area contributed by atoms with Gasteiger partial charge < -0.3 is 9.64 Å². The Morgan fingerprint density at radius 3 is 2.82 bits per heavy atom. The van der Waals surface area contributed by atoms with E-state index in [0.29, 0.717) is 38.1 Å². The zero-order valence-electron chi connectivity index (χ0n) is 12.6. The Kier molecular flexibility index (Phi) is 4.65. The number of hydrogen-bond donors (Lipinski definition) is 0. The molecule has 6 nitrogen and oxygen atoms in total. The van der Waals surface area contributed by atoms with Gasteiger partial charge in [-0.2, -0.15) is 0 Å². The summed E-state index contributed by atoms with van der Waals surface area (Å²) in [6.45, 7) is 1.39. The molecule has 2 fully saturated rings. The molecule has 1 aliphatic carbocycles. The molecular weight excluding hydrogens is 282 g/mol. The van der Waals surface area contributed by atoms with E-state index in [0.717, 1.165) is 19.4 Å². The maximum Gasteiger partial charge on any atom is 0.225 e. The van der Waals surface area contributed by atoms with Crippen LogP contribution in [0.1, 0.15) is 38.5 Å². The van der Waals surface area contributed by atoms with Crippen LogP contribution in [-0.2, 0) is 9.59 Å². The van der Waals surface area contributed by atoms with E-state index in [-0.39, 0.29) is 23.7 Å². The van der Waals surface area contributed by atoms with Crippen LogP contribution in [0.25, 0.3) is 0 Å². The smallest absolute Gasteiger partial charge is 0.225 e. The molecule has 3 rings (SSSR count). The number of likely N-dealkylation sites (tertiary alicyclic amines) is 1. The van der Waals surface area contributed by atoms with Crippen molar-refractivity contribution in [2.45, 2.75) is 44.6 Å². The van der Waals surface area contributed by atoms with Crippen LogP contribution >= 0.6 is 0 Å². The second-order valence-corrected chi connectivity index (χ2v) is 6.03. The monoisotopic (exact) mass is 303 g/mol. The van der Waals surface area contributed by atoms with Crippen molar-refractivity contribution in [3.05, 3.63) is 18.6 Å². The van der Waals surface area contributed by atoms with Crippen LogP contribution in [0.5, 0.6) is 5.88 Å². The molecule has 1 aromatic rings. The first-order chi connectivity index (χ1) is 10.7. The second-order valence-electron chi connectivity index (χ2n) is 6.03. The predicted octanol–water partition coefficient (Wildman–Crippen LogP) is 1.61. The highest BCUT2D eigenvalue weighted by Gasteiger charge is 2.32. The summed E-state index contributed by atoms with van der Waals surface area (Å²) in [5.74, 6) is 1.03. The lowest BCUT2D eigenvalue weighted by Crippen LogP contribution is -2.47. The third-order valence-corrected chi connectivity index (χ3v) is 4.42.